The number of anilines is 1. The molecule has 0 aliphatic carbocycles. The molecule has 2 unspecified atom stereocenters. The Morgan fingerprint density at radius 2 is 2.00 bits per heavy atom. The van der Waals surface area contributed by atoms with E-state index >= 15 is 0 Å². The number of piperidine rings is 1. The lowest BCUT2D eigenvalue weighted by atomic mass is 9.84. The molecule has 25 heavy (non-hydrogen) atoms. The van der Waals surface area contributed by atoms with Gasteiger partial charge in [0.05, 0.1) is 5.56 Å². The van der Waals surface area contributed by atoms with Gasteiger partial charge in [-0.2, -0.15) is 13.2 Å². The summed E-state index contributed by atoms with van der Waals surface area (Å²) in [4.78, 5) is 17.6. The van der Waals surface area contributed by atoms with Crippen LogP contribution in [0.25, 0.3) is 0 Å². The molecule has 0 spiro atoms. The Balaban J connectivity index is 1.84. The van der Waals surface area contributed by atoms with Crippen LogP contribution in [-0.4, -0.2) is 28.6 Å². The molecule has 1 aromatic heterocycles. The molecule has 4 nitrogen and oxygen atoms in total. The Kier molecular flexibility index (Phi) is 4.65. The fourth-order valence-electron chi connectivity index (χ4n) is 3.27. The first-order chi connectivity index (χ1) is 11.9. The minimum absolute atomic E-state index is 0.233. The molecule has 7 heteroatoms. The average Bonchev–Trinajstić information content (AvgIpc) is 2.61. The van der Waals surface area contributed by atoms with Crippen molar-refractivity contribution in [2.45, 2.75) is 31.0 Å². The van der Waals surface area contributed by atoms with Crippen molar-refractivity contribution in [1.29, 1.82) is 0 Å². The summed E-state index contributed by atoms with van der Waals surface area (Å²) in [6.07, 6.45) is -2.00. The highest BCUT2D eigenvalue weighted by atomic mass is 19.4. The van der Waals surface area contributed by atoms with Crippen LogP contribution in [0.1, 0.15) is 29.9 Å². The molecular formula is C18H17F3N2O2. The molecule has 1 saturated heterocycles. The summed E-state index contributed by atoms with van der Waals surface area (Å²) in [6, 6.07) is 9.60. The number of aromatic nitrogens is 1. The second-order valence-electron chi connectivity index (χ2n) is 6.08. The van der Waals surface area contributed by atoms with Crippen LogP contribution < -0.4 is 4.90 Å². The summed E-state index contributed by atoms with van der Waals surface area (Å²) >= 11 is 0. The SMILES string of the molecule is O=C(O)C1CC(c2cccc(C(F)(F)F)c2)CCN1c1ccccn1. The highest BCUT2D eigenvalue weighted by Crippen LogP contribution is 2.36. The summed E-state index contributed by atoms with van der Waals surface area (Å²) in [5.74, 6) is -0.664. The maximum atomic E-state index is 12.9. The maximum absolute atomic E-state index is 12.9. The van der Waals surface area contributed by atoms with Crippen LogP contribution in [0, 0.1) is 0 Å². The zero-order chi connectivity index (χ0) is 18.0. The molecule has 1 aliphatic heterocycles. The Morgan fingerprint density at radius 1 is 1.20 bits per heavy atom. The summed E-state index contributed by atoms with van der Waals surface area (Å²) in [5.41, 5.74) is -0.175. The molecule has 2 aromatic rings. The summed E-state index contributed by atoms with van der Waals surface area (Å²) in [5, 5.41) is 9.57. The van der Waals surface area contributed by atoms with Gasteiger partial charge in [0.25, 0.3) is 0 Å². The Labute approximate surface area is 142 Å². The zero-order valence-corrected chi connectivity index (χ0v) is 13.3. The molecule has 0 radical (unpaired) electrons. The number of pyridine rings is 1. The topological polar surface area (TPSA) is 53.4 Å². The molecule has 132 valence electrons. The Hall–Kier alpha value is -2.57. The zero-order valence-electron chi connectivity index (χ0n) is 13.3. The number of halogens is 3. The van der Waals surface area contributed by atoms with E-state index in [1.165, 1.54) is 6.07 Å². The molecule has 2 atom stereocenters. The largest absolute Gasteiger partial charge is 0.480 e. The summed E-state index contributed by atoms with van der Waals surface area (Å²) in [6.45, 7) is 0.425. The van der Waals surface area contributed by atoms with Gasteiger partial charge in [-0.3, -0.25) is 0 Å². The Morgan fingerprint density at radius 3 is 2.64 bits per heavy atom. The number of benzene rings is 1. The maximum Gasteiger partial charge on any atom is 0.416 e. The van der Waals surface area contributed by atoms with Crippen LogP contribution in [0.15, 0.2) is 48.7 Å². The van der Waals surface area contributed by atoms with Crippen molar-refractivity contribution in [3.8, 4) is 0 Å². The van der Waals surface area contributed by atoms with E-state index in [0.29, 0.717) is 24.3 Å². The number of alkyl halides is 3. The molecule has 1 fully saturated rings. The van der Waals surface area contributed by atoms with Gasteiger partial charge in [-0.15, -0.1) is 0 Å². The van der Waals surface area contributed by atoms with E-state index in [1.807, 2.05) is 0 Å². The van der Waals surface area contributed by atoms with Crippen LogP contribution >= 0.6 is 0 Å². The third kappa shape index (κ3) is 3.75. The van der Waals surface area contributed by atoms with Crippen LogP contribution in [0.2, 0.25) is 0 Å². The monoisotopic (exact) mass is 350 g/mol. The molecule has 0 bridgehead atoms. The number of hydrogen-bond donors (Lipinski definition) is 1. The number of hydrogen-bond acceptors (Lipinski definition) is 3. The molecule has 0 amide bonds. The quantitative estimate of drug-likeness (QED) is 0.911. The third-order valence-electron chi connectivity index (χ3n) is 4.52. The first-order valence-corrected chi connectivity index (χ1v) is 7.94. The number of carboxylic acid groups (broad SMARTS) is 1. The first-order valence-electron chi connectivity index (χ1n) is 7.94. The fourth-order valence-corrected chi connectivity index (χ4v) is 3.27. The van der Waals surface area contributed by atoms with Gasteiger partial charge in [0.1, 0.15) is 11.9 Å². The van der Waals surface area contributed by atoms with Crippen molar-refractivity contribution < 1.29 is 23.1 Å². The summed E-state index contributed by atoms with van der Waals surface area (Å²) < 4.78 is 38.7. The fraction of sp³-hybridized carbons (Fsp3) is 0.333. The molecule has 1 aromatic carbocycles. The first kappa shape index (κ1) is 17.3. The van der Waals surface area contributed by atoms with E-state index in [0.717, 1.165) is 12.1 Å². The molecule has 1 aliphatic rings. The van der Waals surface area contributed by atoms with Crippen LogP contribution in [0.5, 0.6) is 0 Å². The Bertz CT molecular complexity index is 749. The minimum Gasteiger partial charge on any atom is -0.480 e. The van der Waals surface area contributed by atoms with Crippen molar-refractivity contribution in [2.24, 2.45) is 0 Å². The van der Waals surface area contributed by atoms with Gasteiger partial charge in [0.15, 0.2) is 0 Å². The number of rotatable bonds is 3. The van der Waals surface area contributed by atoms with Gasteiger partial charge in [0.2, 0.25) is 0 Å². The summed E-state index contributed by atoms with van der Waals surface area (Å²) in [7, 11) is 0. The second-order valence-corrected chi connectivity index (χ2v) is 6.08. The molecule has 0 saturated carbocycles. The molecule has 3 rings (SSSR count). The normalized spacial score (nSPS) is 21.2. The van der Waals surface area contributed by atoms with E-state index in [-0.39, 0.29) is 12.3 Å². The van der Waals surface area contributed by atoms with E-state index < -0.39 is 23.8 Å². The van der Waals surface area contributed by atoms with Gasteiger partial charge in [0, 0.05) is 12.7 Å². The van der Waals surface area contributed by atoms with Gasteiger partial charge < -0.3 is 10.0 Å². The lowest BCUT2D eigenvalue weighted by Gasteiger charge is -2.38. The van der Waals surface area contributed by atoms with Crippen molar-refractivity contribution >= 4 is 11.8 Å². The average molecular weight is 350 g/mol. The molecule has 2 heterocycles. The van der Waals surface area contributed by atoms with Crippen LogP contribution in [0.3, 0.4) is 0 Å². The number of carboxylic acids is 1. The van der Waals surface area contributed by atoms with Gasteiger partial charge in [-0.1, -0.05) is 24.3 Å². The van der Waals surface area contributed by atoms with E-state index in [2.05, 4.69) is 4.98 Å². The lowest BCUT2D eigenvalue weighted by Crippen LogP contribution is -2.47. The van der Waals surface area contributed by atoms with E-state index in [4.69, 9.17) is 0 Å². The van der Waals surface area contributed by atoms with Gasteiger partial charge in [-0.05, 0) is 42.5 Å². The molecular weight excluding hydrogens is 333 g/mol. The van der Waals surface area contributed by atoms with Gasteiger partial charge >= 0.3 is 12.1 Å². The van der Waals surface area contributed by atoms with Crippen LogP contribution in [-0.2, 0) is 11.0 Å². The van der Waals surface area contributed by atoms with Crippen LogP contribution in [0.4, 0.5) is 19.0 Å². The van der Waals surface area contributed by atoms with Crippen molar-refractivity contribution in [3.05, 3.63) is 59.8 Å². The third-order valence-corrected chi connectivity index (χ3v) is 4.52. The minimum atomic E-state index is -4.41. The lowest BCUT2D eigenvalue weighted by molar-refractivity contribution is -0.139. The second kappa shape index (κ2) is 6.74. The van der Waals surface area contributed by atoms with E-state index in [9.17, 15) is 23.1 Å². The highest BCUT2D eigenvalue weighted by molar-refractivity contribution is 5.78. The van der Waals surface area contributed by atoms with Crippen molar-refractivity contribution in [2.75, 3.05) is 11.4 Å². The smallest absolute Gasteiger partial charge is 0.416 e. The standard InChI is InChI=1S/C18H17F3N2O2/c19-18(20,21)14-5-3-4-12(10-14)13-7-9-23(15(11-13)17(24)25)16-6-1-2-8-22-16/h1-6,8,10,13,15H,7,9,11H2,(H,24,25). The highest BCUT2D eigenvalue weighted by Gasteiger charge is 2.36. The number of nitrogens with zero attached hydrogens (tertiary/aromatic N) is 2. The predicted molar refractivity (Wildman–Crippen MR) is 86.4 cm³/mol. The predicted octanol–water partition coefficient (Wildman–Crippen LogP) is 3.94. The number of carbonyl (C=O) groups is 1. The van der Waals surface area contributed by atoms with E-state index in [1.54, 1.807) is 35.4 Å². The molecule has 1 N–H and O–H groups in total. The van der Waals surface area contributed by atoms with Crippen molar-refractivity contribution in [3.63, 3.8) is 0 Å². The van der Waals surface area contributed by atoms with Gasteiger partial charge in [-0.25, -0.2) is 9.78 Å². The van der Waals surface area contributed by atoms with Crippen molar-refractivity contribution in [1.82, 2.24) is 4.98 Å². The number of aliphatic carboxylic acids is 1.